The fraction of sp³-hybridized carbons (Fsp3) is 0.429. The van der Waals surface area contributed by atoms with Crippen LogP contribution in [0.25, 0.3) is 0 Å². The molecule has 1 aliphatic rings. The standard InChI is InChI=1S/C35H44FN3O3/c1-23-11-8-15-29(36)30(23)33(41)39-20-10-14-28(32(40)37-26-13-9-12-25(21-26)34(2,3)4)31(39)24-16-18-27(19-17-24)38(7)22-35(5,6)42/h8-9,11-13,15-19,21,28,31,42H,10,14,20,22H2,1-7H3,(H,37,40)/t28-,31?/m0/s1. The van der Waals surface area contributed by atoms with Crippen LogP contribution in [0.3, 0.4) is 0 Å². The lowest BCUT2D eigenvalue weighted by molar-refractivity contribution is -0.123. The molecule has 1 fully saturated rings. The van der Waals surface area contributed by atoms with E-state index in [-0.39, 0.29) is 16.9 Å². The molecular formula is C35H44FN3O3. The molecule has 224 valence electrons. The van der Waals surface area contributed by atoms with E-state index in [9.17, 15) is 19.1 Å². The van der Waals surface area contributed by atoms with Gasteiger partial charge in [0.2, 0.25) is 5.91 Å². The molecule has 0 radical (unpaired) electrons. The van der Waals surface area contributed by atoms with Gasteiger partial charge in [0.25, 0.3) is 5.91 Å². The predicted octanol–water partition coefficient (Wildman–Crippen LogP) is 6.87. The highest BCUT2D eigenvalue weighted by Gasteiger charge is 2.40. The number of nitrogens with zero attached hydrogens (tertiary/aromatic N) is 2. The number of anilines is 2. The second kappa shape index (κ2) is 12.3. The first-order valence-corrected chi connectivity index (χ1v) is 14.7. The molecule has 0 aliphatic carbocycles. The second-order valence-corrected chi connectivity index (χ2v) is 13.2. The molecule has 0 saturated carbocycles. The van der Waals surface area contributed by atoms with E-state index in [1.165, 1.54) is 6.07 Å². The number of aliphatic hydroxyl groups is 1. The fourth-order valence-corrected chi connectivity index (χ4v) is 5.85. The van der Waals surface area contributed by atoms with E-state index in [0.29, 0.717) is 37.2 Å². The van der Waals surface area contributed by atoms with Gasteiger partial charge in [0, 0.05) is 31.5 Å². The number of carbonyl (C=O) groups is 2. The molecule has 4 rings (SSSR count). The zero-order chi connectivity index (χ0) is 30.8. The summed E-state index contributed by atoms with van der Waals surface area (Å²) in [5, 5.41) is 13.4. The van der Waals surface area contributed by atoms with Crippen LogP contribution in [0.15, 0.2) is 66.7 Å². The van der Waals surface area contributed by atoms with Crippen LogP contribution < -0.4 is 10.2 Å². The van der Waals surface area contributed by atoms with E-state index in [0.717, 1.165) is 16.8 Å². The summed E-state index contributed by atoms with van der Waals surface area (Å²) in [6.45, 7) is 12.5. The van der Waals surface area contributed by atoms with Crippen LogP contribution >= 0.6 is 0 Å². The third kappa shape index (κ3) is 7.19. The molecule has 1 unspecified atom stereocenters. The first-order chi connectivity index (χ1) is 19.7. The normalized spacial score (nSPS) is 17.6. The van der Waals surface area contributed by atoms with E-state index in [1.807, 2.05) is 60.5 Å². The van der Waals surface area contributed by atoms with Crippen molar-refractivity contribution in [2.24, 2.45) is 5.92 Å². The van der Waals surface area contributed by atoms with Gasteiger partial charge in [0.1, 0.15) is 5.82 Å². The Morgan fingerprint density at radius 2 is 1.69 bits per heavy atom. The minimum atomic E-state index is -0.870. The molecule has 0 bridgehead atoms. The van der Waals surface area contributed by atoms with Crippen molar-refractivity contribution in [3.05, 3.63) is 94.8 Å². The van der Waals surface area contributed by atoms with Gasteiger partial charge in [-0.1, -0.05) is 57.2 Å². The zero-order valence-corrected chi connectivity index (χ0v) is 25.9. The van der Waals surface area contributed by atoms with E-state index in [4.69, 9.17) is 0 Å². The van der Waals surface area contributed by atoms with Crippen LogP contribution in [0.2, 0.25) is 0 Å². The largest absolute Gasteiger partial charge is 0.389 e. The number of piperidine rings is 1. The lowest BCUT2D eigenvalue weighted by Crippen LogP contribution is -2.46. The van der Waals surface area contributed by atoms with E-state index in [2.05, 4.69) is 26.1 Å². The molecule has 0 spiro atoms. The van der Waals surface area contributed by atoms with Gasteiger partial charge >= 0.3 is 0 Å². The number of hydrogen-bond donors (Lipinski definition) is 2. The van der Waals surface area contributed by atoms with Crippen molar-refractivity contribution in [3.63, 3.8) is 0 Å². The summed E-state index contributed by atoms with van der Waals surface area (Å²) >= 11 is 0. The Kier molecular flexibility index (Phi) is 9.12. The topological polar surface area (TPSA) is 72.9 Å². The third-order valence-electron chi connectivity index (χ3n) is 7.96. The van der Waals surface area contributed by atoms with Gasteiger partial charge in [-0.25, -0.2) is 4.39 Å². The number of halogens is 1. The number of likely N-dealkylation sites (tertiary alicyclic amines) is 1. The number of benzene rings is 3. The molecule has 42 heavy (non-hydrogen) atoms. The van der Waals surface area contributed by atoms with E-state index >= 15 is 0 Å². The monoisotopic (exact) mass is 573 g/mol. The molecule has 7 heteroatoms. The molecule has 0 aromatic heterocycles. The van der Waals surface area contributed by atoms with Crippen molar-refractivity contribution >= 4 is 23.2 Å². The van der Waals surface area contributed by atoms with Crippen LogP contribution in [-0.2, 0) is 10.2 Å². The molecule has 2 atom stereocenters. The number of amides is 2. The van der Waals surface area contributed by atoms with Gasteiger partial charge in [-0.2, -0.15) is 0 Å². The highest BCUT2D eigenvalue weighted by atomic mass is 19.1. The Balaban J connectivity index is 1.71. The summed E-state index contributed by atoms with van der Waals surface area (Å²) in [5.74, 6) is -1.68. The molecule has 1 heterocycles. The lowest BCUT2D eigenvalue weighted by Gasteiger charge is -2.41. The average Bonchev–Trinajstić information content (AvgIpc) is 2.91. The van der Waals surface area contributed by atoms with Crippen molar-refractivity contribution in [1.29, 1.82) is 0 Å². The number of aryl methyl sites for hydroxylation is 1. The van der Waals surface area contributed by atoms with E-state index < -0.39 is 29.3 Å². The Morgan fingerprint density at radius 1 is 1.02 bits per heavy atom. The maximum atomic E-state index is 15.0. The van der Waals surface area contributed by atoms with Crippen LogP contribution in [0.1, 0.15) is 80.6 Å². The zero-order valence-electron chi connectivity index (χ0n) is 25.9. The Bertz CT molecular complexity index is 1400. The van der Waals surface area contributed by atoms with Gasteiger partial charge < -0.3 is 20.2 Å². The summed E-state index contributed by atoms with van der Waals surface area (Å²) in [6.07, 6.45) is 1.22. The fourth-order valence-electron chi connectivity index (χ4n) is 5.85. The van der Waals surface area contributed by atoms with Crippen LogP contribution in [0, 0.1) is 18.7 Å². The Labute approximate surface area is 249 Å². The maximum absolute atomic E-state index is 15.0. The SMILES string of the molecule is Cc1cccc(F)c1C(=O)N1CCC[C@H](C(=O)Nc2cccc(C(C)(C)C)c2)C1c1ccc(N(C)CC(C)(C)O)cc1. The van der Waals surface area contributed by atoms with Crippen molar-refractivity contribution in [2.75, 3.05) is 30.4 Å². The second-order valence-electron chi connectivity index (χ2n) is 13.2. The smallest absolute Gasteiger partial charge is 0.257 e. The molecule has 3 aromatic rings. The molecule has 2 N–H and O–H groups in total. The molecule has 2 amide bonds. The molecule has 1 aliphatic heterocycles. The molecule has 3 aromatic carbocycles. The van der Waals surface area contributed by atoms with Gasteiger partial charge in [0.15, 0.2) is 0 Å². The summed E-state index contributed by atoms with van der Waals surface area (Å²) in [5.41, 5.74) is 3.19. The molecule has 6 nitrogen and oxygen atoms in total. The number of carbonyl (C=O) groups excluding carboxylic acids is 2. The van der Waals surface area contributed by atoms with Crippen LogP contribution in [0.4, 0.5) is 15.8 Å². The average molecular weight is 574 g/mol. The van der Waals surface area contributed by atoms with E-state index in [1.54, 1.807) is 37.8 Å². The number of likely N-dealkylation sites (N-methyl/N-ethyl adjacent to an activating group) is 1. The molecule has 1 saturated heterocycles. The highest BCUT2D eigenvalue weighted by molar-refractivity contribution is 5.98. The van der Waals surface area contributed by atoms with Crippen molar-refractivity contribution in [2.45, 2.75) is 71.4 Å². The van der Waals surface area contributed by atoms with Crippen LogP contribution in [0.5, 0.6) is 0 Å². The minimum Gasteiger partial charge on any atom is -0.389 e. The number of hydrogen-bond acceptors (Lipinski definition) is 4. The van der Waals surface area contributed by atoms with Gasteiger partial charge in [-0.3, -0.25) is 9.59 Å². The summed E-state index contributed by atoms with van der Waals surface area (Å²) in [4.78, 5) is 31.5. The van der Waals surface area contributed by atoms with Gasteiger partial charge in [0.05, 0.1) is 23.1 Å². The Hall–Kier alpha value is -3.71. The van der Waals surface area contributed by atoms with Gasteiger partial charge in [-0.05, 0) is 86.1 Å². The van der Waals surface area contributed by atoms with Crippen molar-refractivity contribution < 1.29 is 19.1 Å². The Morgan fingerprint density at radius 3 is 2.31 bits per heavy atom. The number of rotatable bonds is 7. The third-order valence-corrected chi connectivity index (χ3v) is 7.96. The van der Waals surface area contributed by atoms with Gasteiger partial charge in [-0.15, -0.1) is 0 Å². The summed E-state index contributed by atoms with van der Waals surface area (Å²) in [7, 11) is 1.91. The first kappa shape index (κ1) is 31.2. The highest BCUT2D eigenvalue weighted by Crippen LogP contribution is 2.39. The molecular weight excluding hydrogens is 529 g/mol. The summed E-state index contributed by atoms with van der Waals surface area (Å²) in [6, 6.07) is 19.7. The predicted molar refractivity (Wildman–Crippen MR) is 167 cm³/mol. The van der Waals surface area contributed by atoms with Crippen molar-refractivity contribution in [3.8, 4) is 0 Å². The minimum absolute atomic E-state index is 0.0444. The first-order valence-electron chi connectivity index (χ1n) is 14.7. The quantitative estimate of drug-likeness (QED) is 0.324. The van der Waals surface area contributed by atoms with Crippen molar-refractivity contribution in [1.82, 2.24) is 4.90 Å². The summed E-state index contributed by atoms with van der Waals surface area (Å²) < 4.78 is 15.0. The van der Waals surface area contributed by atoms with Crippen LogP contribution in [-0.4, -0.2) is 47.6 Å². The maximum Gasteiger partial charge on any atom is 0.257 e. The number of nitrogens with one attached hydrogen (secondary N) is 1. The lowest BCUT2D eigenvalue weighted by atomic mass is 9.83.